The van der Waals surface area contributed by atoms with Crippen LogP contribution in [0, 0.1) is 5.92 Å². The number of nitrogens with zero attached hydrogens (tertiary/aromatic N) is 5. The molecule has 1 aromatic heterocycles. The minimum atomic E-state index is 0.595. The van der Waals surface area contributed by atoms with E-state index in [1.54, 1.807) is 7.11 Å². The van der Waals surface area contributed by atoms with Crippen LogP contribution in [0.5, 0.6) is 0 Å². The maximum Gasteiger partial charge on any atom is 0.193 e. The largest absolute Gasteiger partial charge is 0.384 e. The number of likely N-dealkylation sites (tertiary alicyclic amines) is 1. The Balaban J connectivity index is 1.60. The van der Waals surface area contributed by atoms with E-state index >= 15 is 0 Å². The Kier molecular flexibility index (Phi) is 6.68. The second-order valence-corrected chi connectivity index (χ2v) is 7.23. The van der Waals surface area contributed by atoms with Gasteiger partial charge in [0.15, 0.2) is 5.96 Å². The molecule has 0 bridgehead atoms. The van der Waals surface area contributed by atoms with Crippen molar-refractivity contribution in [2.75, 3.05) is 72.0 Å². The number of ether oxygens (including phenoxy) is 1. The van der Waals surface area contributed by atoms with E-state index in [9.17, 15) is 0 Å². The van der Waals surface area contributed by atoms with E-state index in [2.05, 4.69) is 43.1 Å². The zero-order chi connectivity index (χ0) is 18.4. The average Bonchev–Trinajstić information content (AvgIpc) is 3.12. The molecule has 1 atom stereocenters. The van der Waals surface area contributed by atoms with Crippen LogP contribution in [-0.2, 0) is 11.3 Å². The van der Waals surface area contributed by atoms with Crippen molar-refractivity contribution in [3.8, 4) is 0 Å². The van der Waals surface area contributed by atoms with Crippen LogP contribution in [0.1, 0.15) is 12.0 Å². The number of nitrogens with one attached hydrogen (secondary N) is 1. The van der Waals surface area contributed by atoms with Crippen molar-refractivity contribution in [2.45, 2.75) is 13.0 Å². The molecule has 0 saturated carbocycles. The third-order valence-electron chi connectivity index (χ3n) is 5.31. The van der Waals surface area contributed by atoms with E-state index in [-0.39, 0.29) is 0 Å². The second-order valence-electron chi connectivity index (χ2n) is 7.23. The Morgan fingerprint density at radius 2 is 2.12 bits per heavy atom. The van der Waals surface area contributed by atoms with Gasteiger partial charge in [-0.2, -0.15) is 0 Å². The lowest BCUT2D eigenvalue weighted by molar-refractivity contribution is 0.157. The number of pyridine rings is 1. The highest BCUT2D eigenvalue weighted by Crippen LogP contribution is 2.20. The molecule has 26 heavy (non-hydrogen) atoms. The number of guanidine groups is 1. The molecule has 3 heterocycles. The fourth-order valence-corrected chi connectivity index (χ4v) is 3.77. The molecule has 7 heteroatoms. The maximum atomic E-state index is 5.30. The molecule has 0 amide bonds. The third kappa shape index (κ3) is 4.65. The first-order chi connectivity index (χ1) is 12.7. The van der Waals surface area contributed by atoms with E-state index in [1.807, 2.05) is 19.3 Å². The molecule has 1 aromatic rings. The molecule has 2 fully saturated rings. The van der Waals surface area contributed by atoms with Crippen molar-refractivity contribution in [3.63, 3.8) is 0 Å². The van der Waals surface area contributed by atoms with Crippen LogP contribution in [0.3, 0.4) is 0 Å². The molecule has 1 N–H and O–H groups in total. The van der Waals surface area contributed by atoms with E-state index in [0.717, 1.165) is 70.6 Å². The van der Waals surface area contributed by atoms with E-state index in [1.165, 1.54) is 5.56 Å². The first-order valence-electron chi connectivity index (χ1n) is 9.53. The van der Waals surface area contributed by atoms with Crippen molar-refractivity contribution in [1.82, 2.24) is 20.1 Å². The highest BCUT2D eigenvalue weighted by molar-refractivity contribution is 5.80. The Morgan fingerprint density at radius 3 is 2.85 bits per heavy atom. The van der Waals surface area contributed by atoms with Gasteiger partial charge in [-0.3, -0.25) is 4.99 Å². The van der Waals surface area contributed by atoms with Crippen molar-refractivity contribution in [1.29, 1.82) is 0 Å². The Labute approximate surface area is 157 Å². The summed E-state index contributed by atoms with van der Waals surface area (Å²) in [7, 11) is 5.81. The molecule has 144 valence electrons. The van der Waals surface area contributed by atoms with Gasteiger partial charge in [-0.25, -0.2) is 4.98 Å². The number of hydrogen-bond acceptors (Lipinski definition) is 5. The predicted octanol–water partition coefficient (Wildman–Crippen LogP) is 0.877. The predicted molar refractivity (Wildman–Crippen MR) is 106 cm³/mol. The second kappa shape index (κ2) is 9.19. The van der Waals surface area contributed by atoms with Crippen molar-refractivity contribution in [2.24, 2.45) is 10.9 Å². The molecule has 1 unspecified atom stereocenters. The lowest BCUT2D eigenvalue weighted by atomic mass is 10.1. The Morgan fingerprint density at radius 1 is 1.31 bits per heavy atom. The zero-order valence-electron chi connectivity index (χ0n) is 16.3. The summed E-state index contributed by atoms with van der Waals surface area (Å²) in [6.45, 7) is 7.83. The van der Waals surface area contributed by atoms with Gasteiger partial charge in [-0.1, -0.05) is 6.07 Å². The van der Waals surface area contributed by atoms with Gasteiger partial charge >= 0.3 is 0 Å². The SMILES string of the molecule is CN=C(NCc1cccnc1N1CCN(C)CC1)N1CCC(COC)C1. The average molecular weight is 361 g/mol. The fraction of sp³-hybridized carbons (Fsp3) is 0.684. The number of aromatic nitrogens is 1. The minimum Gasteiger partial charge on any atom is -0.384 e. The van der Waals surface area contributed by atoms with Gasteiger partial charge in [0, 0.05) is 77.6 Å². The highest BCUT2D eigenvalue weighted by atomic mass is 16.5. The van der Waals surface area contributed by atoms with Gasteiger partial charge < -0.3 is 24.8 Å². The molecule has 7 nitrogen and oxygen atoms in total. The smallest absolute Gasteiger partial charge is 0.193 e. The van der Waals surface area contributed by atoms with Crippen LogP contribution >= 0.6 is 0 Å². The summed E-state index contributed by atoms with van der Waals surface area (Å²) in [5.74, 6) is 2.66. The summed E-state index contributed by atoms with van der Waals surface area (Å²) in [5, 5.41) is 3.54. The van der Waals surface area contributed by atoms with E-state index in [4.69, 9.17) is 4.74 Å². The van der Waals surface area contributed by atoms with Crippen LogP contribution in [-0.4, -0.2) is 87.8 Å². The van der Waals surface area contributed by atoms with Gasteiger partial charge in [-0.05, 0) is 19.5 Å². The summed E-state index contributed by atoms with van der Waals surface area (Å²) in [6, 6.07) is 4.18. The molecule has 3 rings (SSSR count). The number of rotatable bonds is 5. The lowest BCUT2D eigenvalue weighted by Crippen LogP contribution is -2.45. The first-order valence-corrected chi connectivity index (χ1v) is 9.53. The normalized spacial score (nSPS) is 22.1. The highest BCUT2D eigenvalue weighted by Gasteiger charge is 2.25. The van der Waals surface area contributed by atoms with E-state index < -0.39 is 0 Å². The molecular formula is C19H32N6O. The molecule has 0 aromatic carbocycles. The fourth-order valence-electron chi connectivity index (χ4n) is 3.77. The Hall–Kier alpha value is -1.86. The lowest BCUT2D eigenvalue weighted by Gasteiger charge is -2.34. The van der Waals surface area contributed by atoms with Gasteiger partial charge in [-0.15, -0.1) is 0 Å². The van der Waals surface area contributed by atoms with Crippen molar-refractivity contribution in [3.05, 3.63) is 23.9 Å². The Bertz CT molecular complexity index is 599. The van der Waals surface area contributed by atoms with Gasteiger partial charge in [0.25, 0.3) is 0 Å². The summed E-state index contributed by atoms with van der Waals surface area (Å²) in [5.41, 5.74) is 1.23. The summed E-state index contributed by atoms with van der Waals surface area (Å²) >= 11 is 0. The number of aliphatic imine (C=N–C) groups is 1. The van der Waals surface area contributed by atoms with Gasteiger partial charge in [0.05, 0.1) is 6.61 Å². The zero-order valence-corrected chi connectivity index (χ0v) is 16.3. The molecular weight excluding hydrogens is 328 g/mol. The van der Waals surface area contributed by atoms with Crippen molar-refractivity contribution < 1.29 is 4.74 Å². The van der Waals surface area contributed by atoms with Crippen LogP contribution in [0.2, 0.25) is 0 Å². The number of hydrogen-bond donors (Lipinski definition) is 1. The number of methoxy groups -OCH3 is 1. The van der Waals surface area contributed by atoms with E-state index in [0.29, 0.717) is 5.92 Å². The third-order valence-corrected chi connectivity index (χ3v) is 5.31. The molecule has 0 radical (unpaired) electrons. The van der Waals surface area contributed by atoms with Crippen LogP contribution in [0.15, 0.2) is 23.3 Å². The standard InChI is InChI=1S/C19H32N6O/c1-20-19(25-8-6-16(14-25)15-26-3)22-13-17-5-4-7-21-18(17)24-11-9-23(2)10-12-24/h4-5,7,16H,6,8-15H2,1-3H3,(H,20,22). The molecule has 2 aliphatic heterocycles. The molecule has 2 saturated heterocycles. The number of likely N-dealkylation sites (N-methyl/N-ethyl adjacent to an activating group) is 1. The minimum absolute atomic E-state index is 0.595. The molecule has 0 aliphatic carbocycles. The number of piperazine rings is 1. The van der Waals surface area contributed by atoms with Crippen LogP contribution < -0.4 is 10.2 Å². The summed E-state index contributed by atoms with van der Waals surface area (Å²) < 4.78 is 5.30. The topological polar surface area (TPSA) is 56.2 Å². The quantitative estimate of drug-likeness (QED) is 0.621. The monoisotopic (exact) mass is 360 g/mol. The number of anilines is 1. The van der Waals surface area contributed by atoms with Crippen molar-refractivity contribution >= 4 is 11.8 Å². The summed E-state index contributed by atoms with van der Waals surface area (Å²) in [4.78, 5) is 16.2. The summed E-state index contributed by atoms with van der Waals surface area (Å²) in [6.07, 6.45) is 3.05. The van der Waals surface area contributed by atoms with Gasteiger partial charge in [0.2, 0.25) is 0 Å². The molecule has 0 spiro atoms. The first kappa shape index (κ1) is 18.9. The molecule has 2 aliphatic rings. The maximum absolute atomic E-state index is 5.30. The van der Waals surface area contributed by atoms with Crippen LogP contribution in [0.25, 0.3) is 0 Å². The van der Waals surface area contributed by atoms with Crippen LogP contribution in [0.4, 0.5) is 5.82 Å². The van der Waals surface area contributed by atoms with Gasteiger partial charge in [0.1, 0.15) is 5.82 Å².